The third kappa shape index (κ3) is 5.28. The monoisotopic (exact) mass is 441 g/mol. The number of aryl methyl sites for hydroxylation is 2. The van der Waals surface area contributed by atoms with E-state index in [1.165, 1.54) is 0 Å². The van der Waals surface area contributed by atoms with Gasteiger partial charge in [-0.2, -0.15) is 0 Å². The summed E-state index contributed by atoms with van der Waals surface area (Å²) in [4.78, 5) is 12.7. The standard InChI is InChI=1S/C24H31N3O3S/c1-15(2)20-11-17(5)12-21(16(3)4)23(20)25-24(28)26-31(29,30)14-18-7-8-19-9-10-27(6)22(19)13-18/h7-13,15-16H,14H2,1-6H3,(H2,25,26,28). The number of sulfonamides is 1. The molecule has 1 aromatic heterocycles. The first kappa shape index (κ1) is 22.9. The molecule has 1 heterocycles. The summed E-state index contributed by atoms with van der Waals surface area (Å²) >= 11 is 0. The van der Waals surface area contributed by atoms with Crippen molar-refractivity contribution in [3.05, 3.63) is 64.8 Å². The number of anilines is 1. The quantitative estimate of drug-likeness (QED) is 0.538. The molecule has 0 aliphatic heterocycles. The lowest BCUT2D eigenvalue weighted by Crippen LogP contribution is -2.35. The van der Waals surface area contributed by atoms with E-state index < -0.39 is 16.1 Å². The molecule has 3 aromatic rings. The van der Waals surface area contributed by atoms with Crippen LogP contribution in [0.3, 0.4) is 0 Å². The van der Waals surface area contributed by atoms with Gasteiger partial charge in [0.25, 0.3) is 0 Å². The van der Waals surface area contributed by atoms with Crippen molar-refractivity contribution >= 4 is 32.6 Å². The van der Waals surface area contributed by atoms with Crippen LogP contribution in [0.1, 0.15) is 61.8 Å². The van der Waals surface area contributed by atoms with Crippen LogP contribution >= 0.6 is 0 Å². The van der Waals surface area contributed by atoms with Crippen molar-refractivity contribution in [2.24, 2.45) is 7.05 Å². The summed E-state index contributed by atoms with van der Waals surface area (Å²) < 4.78 is 29.5. The van der Waals surface area contributed by atoms with Gasteiger partial charge in [0, 0.05) is 24.4 Å². The molecule has 0 saturated heterocycles. The fourth-order valence-electron chi connectivity index (χ4n) is 3.83. The van der Waals surface area contributed by atoms with E-state index in [2.05, 4.69) is 37.7 Å². The van der Waals surface area contributed by atoms with Crippen LogP contribution in [0.2, 0.25) is 0 Å². The van der Waals surface area contributed by atoms with Gasteiger partial charge in [-0.25, -0.2) is 17.9 Å². The van der Waals surface area contributed by atoms with Gasteiger partial charge in [0.15, 0.2) is 0 Å². The molecule has 0 saturated carbocycles. The zero-order chi connectivity index (χ0) is 22.9. The van der Waals surface area contributed by atoms with Crippen LogP contribution in [0, 0.1) is 6.92 Å². The van der Waals surface area contributed by atoms with E-state index in [1.807, 2.05) is 55.1 Å². The number of amides is 2. The van der Waals surface area contributed by atoms with E-state index >= 15 is 0 Å². The number of nitrogens with one attached hydrogen (secondary N) is 2. The van der Waals surface area contributed by atoms with Crippen molar-refractivity contribution in [3.63, 3.8) is 0 Å². The Balaban J connectivity index is 1.81. The second-order valence-corrected chi connectivity index (χ2v) is 10.5. The third-order valence-corrected chi connectivity index (χ3v) is 6.59. The Bertz CT molecular complexity index is 1200. The molecule has 2 N–H and O–H groups in total. The van der Waals surface area contributed by atoms with E-state index in [4.69, 9.17) is 0 Å². The highest BCUT2D eigenvalue weighted by Gasteiger charge is 2.20. The minimum Gasteiger partial charge on any atom is -0.351 e. The highest BCUT2D eigenvalue weighted by molar-refractivity contribution is 7.89. The molecular formula is C24H31N3O3S. The second kappa shape index (κ2) is 8.75. The number of aromatic nitrogens is 1. The number of carbonyl (C=O) groups excluding carboxylic acids is 1. The van der Waals surface area contributed by atoms with Crippen LogP contribution in [0.25, 0.3) is 10.9 Å². The molecule has 0 atom stereocenters. The maximum absolute atomic E-state index is 12.7. The maximum atomic E-state index is 12.7. The normalized spacial score (nSPS) is 12.0. The lowest BCUT2D eigenvalue weighted by Gasteiger charge is -2.21. The largest absolute Gasteiger partial charge is 0.351 e. The molecule has 31 heavy (non-hydrogen) atoms. The maximum Gasteiger partial charge on any atom is 0.332 e. The van der Waals surface area contributed by atoms with Gasteiger partial charge in [-0.1, -0.05) is 57.5 Å². The highest BCUT2D eigenvalue weighted by Crippen LogP contribution is 2.33. The van der Waals surface area contributed by atoms with Crippen molar-refractivity contribution in [2.45, 2.75) is 52.2 Å². The molecule has 0 radical (unpaired) electrons. The number of rotatable bonds is 6. The summed E-state index contributed by atoms with van der Waals surface area (Å²) in [6.45, 7) is 10.2. The summed E-state index contributed by atoms with van der Waals surface area (Å²) in [5.74, 6) is 0.0893. The summed E-state index contributed by atoms with van der Waals surface area (Å²) in [7, 11) is -1.95. The van der Waals surface area contributed by atoms with Crippen LogP contribution in [0.5, 0.6) is 0 Å². The Labute approximate surface area is 184 Å². The molecule has 2 aromatic carbocycles. The number of nitrogens with zero attached hydrogens (tertiary/aromatic N) is 1. The van der Waals surface area contributed by atoms with Gasteiger partial charge < -0.3 is 9.88 Å². The number of hydrogen-bond donors (Lipinski definition) is 2. The molecule has 0 bridgehead atoms. The first-order valence-corrected chi connectivity index (χ1v) is 12.1. The molecule has 0 aliphatic carbocycles. The summed E-state index contributed by atoms with van der Waals surface area (Å²) in [6, 6.07) is 10.8. The minimum absolute atomic E-state index is 0.182. The smallest absolute Gasteiger partial charge is 0.332 e. The first-order valence-electron chi connectivity index (χ1n) is 10.5. The third-order valence-electron chi connectivity index (χ3n) is 5.38. The summed E-state index contributed by atoms with van der Waals surface area (Å²) in [5.41, 5.74) is 5.35. The van der Waals surface area contributed by atoms with Crippen LogP contribution in [-0.4, -0.2) is 19.0 Å². The van der Waals surface area contributed by atoms with Gasteiger partial charge in [0.05, 0.1) is 5.75 Å². The van der Waals surface area contributed by atoms with Crippen molar-refractivity contribution in [1.82, 2.24) is 9.29 Å². The van der Waals surface area contributed by atoms with Gasteiger partial charge in [-0.05, 0) is 53.0 Å². The lowest BCUT2D eigenvalue weighted by molar-refractivity contribution is 0.256. The Morgan fingerprint density at radius 3 is 2.19 bits per heavy atom. The van der Waals surface area contributed by atoms with Gasteiger partial charge in [-0.3, -0.25) is 0 Å². The average molecular weight is 442 g/mol. The molecule has 7 heteroatoms. The number of fused-ring (bicyclic) bond motifs is 1. The first-order chi connectivity index (χ1) is 14.5. The van der Waals surface area contributed by atoms with Gasteiger partial charge in [0.1, 0.15) is 0 Å². The molecule has 0 spiro atoms. The van der Waals surface area contributed by atoms with Gasteiger partial charge in [-0.15, -0.1) is 0 Å². The number of benzene rings is 2. The molecule has 0 unspecified atom stereocenters. The van der Waals surface area contributed by atoms with Crippen molar-refractivity contribution in [2.75, 3.05) is 5.32 Å². The van der Waals surface area contributed by atoms with E-state index in [1.54, 1.807) is 6.07 Å². The molecular weight excluding hydrogens is 410 g/mol. The molecule has 2 amide bonds. The zero-order valence-electron chi connectivity index (χ0n) is 19.0. The van der Waals surface area contributed by atoms with E-state index in [0.29, 0.717) is 11.3 Å². The van der Waals surface area contributed by atoms with Crippen molar-refractivity contribution < 1.29 is 13.2 Å². The van der Waals surface area contributed by atoms with Crippen LogP contribution in [0.15, 0.2) is 42.6 Å². The Morgan fingerprint density at radius 2 is 1.61 bits per heavy atom. The summed E-state index contributed by atoms with van der Waals surface area (Å²) in [5, 5.41) is 3.85. The van der Waals surface area contributed by atoms with Crippen molar-refractivity contribution in [3.8, 4) is 0 Å². The molecule has 3 rings (SSSR count). The van der Waals surface area contributed by atoms with Crippen LogP contribution in [0.4, 0.5) is 10.5 Å². The van der Waals surface area contributed by atoms with Crippen LogP contribution in [-0.2, 0) is 22.8 Å². The average Bonchev–Trinajstić information content (AvgIpc) is 3.02. The predicted octanol–water partition coefficient (Wildman–Crippen LogP) is 5.39. The molecule has 166 valence electrons. The Hall–Kier alpha value is -2.80. The van der Waals surface area contributed by atoms with Crippen molar-refractivity contribution in [1.29, 1.82) is 0 Å². The van der Waals surface area contributed by atoms with Crippen LogP contribution < -0.4 is 10.0 Å². The fourth-order valence-corrected chi connectivity index (χ4v) is 4.86. The number of carbonyl (C=O) groups is 1. The fraction of sp³-hybridized carbons (Fsp3) is 0.375. The SMILES string of the molecule is Cc1cc(C(C)C)c(NC(=O)NS(=O)(=O)Cc2ccc3ccn(C)c3c2)c(C(C)C)c1. The highest BCUT2D eigenvalue weighted by atomic mass is 32.2. The number of hydrogen-bond acceptors (Lipinski definition) is 3. The molecule has 0 aliphatic rings. The zero-order valence-corrected chi connectivity index (χ0v) is 19.8. The molecule has 0 fully saturated rings. The molecule has 6 nitrogen and oxygen atoms in total. The van der Waals surface area contributed by atoms with Gasteiger partial charge >= 0.3 is 6.03 Å². The summed E-state index contributed by atoms with van der Waals surface area (Å²) in [6.07, 6.45) is 1.93. The lowest BCUT2D eigenvalue weighted by atomic mass is 9.90. The Morgan fingerprint density at radius 1 is 1.00 bits per heavy atom. The van der Waals surface area contributed by atoms with E-state index in [9.17, 15) is 13.2 Å². The van der Waals surface area contributed by atoms with E-state index in [0.717, 1.165) is 27.6 Å². The number of urea groups is 1. The Kier molecular flexibility index (Phi) is 6.46. The predicted molar refractivity (Wildman–Crippen MR) is 127 cm³/mol. The second-order valence-electron chi connectivity index (χ2n) is 8.76. The minimum atomic E-state index is -3.86. The van der Waals surface area contributed by atoms with E-state index in [-0.39, 0.29) is 17.6 Å². The van der Waals surface area contributed by atoms with Gasteiger partial charge in [0.2, 0.25) is 10.0 Å². The topological polar surface area (TPSA) is 80.2 Å².